The van der Waals surface area contributed by atoms with Gasteiger partial charge in [0.1, 0.15) is 11.3 Å². The fourth-order valence-corrected chi connectivity index (χ4v) is 2.82. The fraction of sp³-hybridized carbons (Fsp3) is 0.250. The predicted octanol–water partition coefficient (Wildman–Crippen LogP) is 4.28. The zero-order valence-electron chi connectivity index (χ0n) is 14.8. The van der Waals surface area contributed by atoms with E-state index in [1.807, 2.05) is 37.3 Å². The van der Waals surface area contributed by atoms with Gasteiger partial charge in [0.25, 0.3) is 5.91 Å². The van der Waals surface area contributed by atoms with E-state index in [2.05, 4.69) is 0 Å². The summed E-state index contributed by atoms with van der Waals surface area (Å²) in [7, 11) is 4.82. The lowest BCUT2D eigenvalue weighted by atomic mass is 10.1. The molecule has 1 aromatic heterocycles. The Labute approximate surface area is 146 Å². The first-order valence-electron chi connectivity index (χ1n) is 8.03. The van der Waals surface area contributed by atoms with Crippen molar-refractivity contribution in [2.75, 3.05) is 21.3 Å². The van der Waals surface area contributed by atoms with E-state index in [1.54, 1.807) is 37.3 Å². The molecule has 3 rings (SSSR count). The Balaban J connectivity index is 1.92. The summed E-state index contributed by atoms with van der Waals surface area (Å²) in [6.07, 6.45) is 0. The van der Waals surface area contributed by atoms with Gasteiger partial charge in [0, 0.05) is 12.4 Å². The Bertz CT molecular complexity index is 867. The fourth-order valence-electron chi connectivity index (χ4n) is 2.82. The molecule has 1 heterocycles. The molecule has 0 saturated carbocycles. The van der Waals surface area contributed by atoms with Crippen molar-refractivity contribution in [1.29, 1.82) is 0 Å². The Kier molecular flexibility index (Phi) is 4.65. The van der Waals surface area contributed by atoms with E-state index >= 15 is 0 Å². The molecule has 0 N–H and O–H groups in total. The molecule has 3 aromatic rings. The van der Waals surface area contributed by atoms with E-state index < -0.39 is 0 Å². The molecule has 130 valence electrons. The van der Waals surface area contributed by atoms with Crippen LogP contribution in [0.3, 0.4) is 0 Å². The topological polar surface area (TPSA) is 51.9 Å². The summed E-state index contributed by atoms with van der Waals surface area (Å²) in [4.78, 5) is 14.6. The first-order chi connectivity index (χ1) is 12.1. The Morgan fingerprint density at radius 1 is 1.08 bits per heavy atom. The number of furan rings is 1. The van der Waals surface area contributed by atoms with Crippen molar-refractivity contribution >= 4 is 16.9 Å². The second-order valence-corrected chi connectivity index (χ2v) is 5.82. The van der Waals surface area contributed by atoms with Gasteiger partial charge in [0.05, 0.1) is 25.8 Å². The van der Waals surface area contributed by atoms with Crippen molar-refractivity contribution < 1.29 is 18.7 Å². The van der Waals surface area contributed by atoms with Crippen LogP contribution in [0, 0.1) is 0 Å². The number of carbonyl (C=O) groups is 1. The molecule has 0 spiro atoms. The van der Waals surface area contributed by atoms with Gasteiger partial charge in [-0.05, 0) is 31.2 Å². The molecule has 1 amide bonds. The number of hydrogen-bond donors (Lipinski definition) is 0. The lowest BCUT2D eigenvalue weighted by Crippen LogP contribution is -2.29. The standard InChI is InChI=1S/C20H21NO4/c1-13(18-12-14-8-5-6-10-16(14)25-18)21(2)20(22)15-9-7-11-17(23-3)19(15)24-4/h5-13H,1-4H3. The van der Waals surface area contributed by atoms with E-state index in [9.17, 15) is 4.79 Å². The molecule has 2 aromatic carbocycles. The van der Waals surface area contributed by atoms with E-state index in [-0.39, 0.29) is 11.9 Å². The average Bonchev–Trinajstić information content (AvgIpc) is 3.09. The summed E-state index contributed by atoms with van der Waals surface area (Å²) in [5, 5.41) is 1.02. The molecule has 0 fully saturated rings. The summed E-state index contributed by atoms with van der Waals surface area (Å²) in [5.41, 5.74) is 1.26. The van der Waals surface area contributed by atoms with Crippen molar-refractivity contribution in [3.05, 3.63) is 59.9 Å². The van der Waals surface area contributed by atoms with Crippen molar-refractivity contribution in [3.8, 4) is 11.5 Å². The largest absolute Gasteiger partial charge is 0.493 e. The SMILES string of the molecule is COc1cccc(C(=O)N(C)C(C)c2cc3ccccc3o2)c1OC. The van der Waals surface area contributed by atoms with Crippen LogP contribution in [0.5, 0.6) is 11.5 Å². The highest BCUT2D eigenvalue weighted by Gasteiger charge is 2.25. The summed E-state index contributed by atoms with van der Waals surface area (Å²) in [5.74, 6) is 1.53. The zero-order valence-corrected chi connectivity index (χ0v) is 14.8. The summed E-state index contributed by atoms with van der Waals surface area (Å²) >= 11 is 0. The first-order valence-corrected chi connectivity index (χ1v) is 8.03. The highest BCUT2D eigenvalue weighted by molar-refractivity contribution is 5.98. The van der Waals surface area contributed by atoms with Gasteiger partial charge in [-0.3, -0.25) is 4.79 Å². The highest BCUT2D eigenvalue weighted by atomic mass is 16.5. The number of amides is 1. The molecule has 0 aliphatic heterocycles. The number of rotatable bonds is 5. The average molecular weight is 339 g/mol. The molecule has 5 nitrogen and oxygen atoms in total. The summed E-state index contributed by atoms with van der Waals surface area (Å²) in [6, 6.07) is 14.8. The monoisotopic (exact) mass is 339 g/mol. The molecule has 25 heavy (non-hydrogen) atoms. The number of hydrogen-bond acceptors (Lipinski definition) is 4. The van der Waals surface area contributed by atoms with Crippen LogP contribution in [0.1, 0.15) is 29.1 Å². The maximum atomic E-state index is 13.0. The Hall–Kier alpha value is -2.95. The lowest BCUT2D eigenvalue weighted by molar-refractivity contribution is 0.0723. The van der Waals surface area contributed by atoms with Crippen molar-refractivity contribution in [2.24, 2.45) is 0 Å². The van der Waals surface area contributed by atoms with Gasteiger partial charge in [-0.25, -0.2) is 0 Å². The Morgan fingerprint density at radius 2 is 1.84 bits per heavy atom. The predicted molar refractivity (Wildman–Crippen MR) is 96.3 cm³/mol. The molecule has 1 unspecified atom stereocenters. The number of ether oxygens (including phenoxy) is 2. The van der Waals surface area contributed by atoms with E-state index in [1.165, 1.54) is 7.11 Å². The van der Waals surface area contributed by atoms with Crippen molar-refractivity contribution in [1.82, 2.24) is 4.90 Å². The minimum atomic E-state index is -0.226. The number of para-hydroxylation sites is 2. The van der Waals surface area contributed by atoms with Gasteiger partial charge in [-0.15, -0.1) is 0 Å². The lowest BCUT2D eigenvalue weighted by Gasteiger charge is -2.24. The van der Waals surface area contributed by atoms with Crippen LogP contribution in [-0.4, -0.2) is 32.1 Å². The zero-order chi connectivity index (χ0) is 18.0. The van der Waals surface area contributed by atoms with Gasteiger partial charge in [-0.2, -0.15) is 0 Å². The van der Waals surface area contributed by atoms with Crippen molar-refractivity contribution in [3.63, 3.8) is 0 Å². The molecule has 5 heteroatoms. The van der Waals surface area contributed by atoms with Gasteiger partial charge < -0.3 is 18.8 Å². The number of benzene rings is 2. The van der Waals surface area contributed by atoms with Crippen LogP contribution in [0.15, 0.2) is 52.9 Å². The number of nitrogens with zero attached hydrogens (tertiary/aromatic N) is 1. The van der Waals surface area contributed by atoms with Crippen LogP contribution in [0.4, 0.5) is 0 Å². The quantitative estimate of drug-likeness (QED) is 0.696. The minimum absolute atomic E-state index is 0.163. The Morgan fingerprint density at radius 3 is 2.52 bits per heavy atom. The number of carbonyl (C=O) groups excluding carboxylic acids is 1. The molecule has 0 radical (unpaired) electrons. The van der Waals surface area contributed by atoms with Crippen LogP contribution in [-0.2, 0) is 0 Å². The smallest absolute Gasteiger partial charge is 0.258 e. The second kappa shape index (κ2) is 6.89. The molecule has 1 atom stereocenters. The third kappa shape index (κ3) is 3.05. The molecular formula is C20H21NO4. The molecular weight excluding hydrogens is 318 g/mol. The second-order valence-electron chi connectivity index (χ2n) is 5.82. The first kappa shape index (κ1) is 16.9. The normalized spacial score (nSPS) is 12.0. The van der Waals surface area contributed by atoms with E-state index in [0.29, 0.717) is 17.1 Å². The third-order valence-electron chi connectivity index (χ3n) is 4.39. The van der Waals surface area contributed by atoms with Crippen LogP contribution >= 0.6 is 0 Å². The van der Waals surface area contributed by atoms with Crippen LogP contribution in [0.25, 0.3) is 11.0 Å². The van der Waals surface area contributed by atoms with Gasteiger partial charge in [-0.1, -0.05) is 24.3 Å². The molecule has 0 aliphatic rings. The third-order valence-corrected chi connectivity index (χ3v) is 4.39. The molecule has 0 aliphatic carbocycles. The number of fused-ring (bicyclic) bond motifs is 1. The number of methoxy groups -OCH3 is 2. The van der Waals surface area contributed by atoms with Gasteiger partial charge >= 0.3 is 0 Å². The summed E-state index contributed by atoms with van der Waals surface area (Å²) < 4.78 is 16.5. The molecule has 0 bridgehead atoms. The maximum Gasteiger partial charge on any atom is 0.258 e. The van der Waals surface area contributed by atoms with E-state index in [4.69, 9.17) is 13.9 Å². The van der Waals surface area contributed by atoms with Gasteiger partial charge in [0.2, 0.25) is 0 Å². The summed E-state index contributed by atoms with van der Waals surface area (Å²) in [6.45, 7) is 1.93. The minimum Gasteiger partial charge on any atom is -0.493 e. The van der Waals surface area contributed by atoms with Crippen molar-refractivity contribution in [2.45, 2.75) is 13.0 Å². The van der Waals surface area contributed by atoms with Gasteiger partial charge in [0.15, 0.2) is 11.5 Å². The van der Waals surface area contributed by atoms with E-state index in [0.717, 1.165) is 16.7 Å². The van der Waals surface area contributed by atoms with Crippen LogP contribution in [0.2, 0.25) is 0 Å². The highest BCUT2D eigenvalue weighted by Crippen LogP contribution is 2.33. The molecule has 0 saturated heterocycles. The maximum absolute atomic E-state index is 13.0. The van der Waals surface area contributed by atoms with Crippen LogP contribution < -0.4 is 9.47 Å².